The van der Waals surface area contributed by atoms with E-state index < -0.39 is 0 Å². The van der Waals surface area contributed by atoms with Crippen LogP contribution in [0.2, 0.25) is 0 Å². The first-order chi connectivity index (χ1) is 12.3. The number of benzene rings is 2. The number of hydrogen-bond acceptors (Lipinski definition) is 2. The number of imidazole rings is 1. The van der Waals surface area contributed by atoms with E-state index >= 15 is 0 Å². The van der Waals surface area contributed by atoms with E-state index in [0.29, 0.717) is 6.54 Å². The zero-order valence-corrected chi connectivity index (χ0v) is 14.5. The lowest BCUT2D eigenvalue weighted by molar-refractivity contribution is -0.116. The monoisotopic (exact) mass is 333 g/mol. The quantitative estimate of drug-likeness (QED) is 0.529. The van der Waals surface area contributed by atoms with Crippen molar-refractivity contribution in [3.63, 3.8) is 0 Å². The fraction of sp³-hybridized carbons (Fsp3) is 0.238. The van der Waals surface area contributed by atoms with Crippen LogP contribution in [-0.4, -0.2) is 22.0 Å². The summed E-state index contributed by atoms with van der Waals surface area (Å²) in [7, 11) is 0. The topological polar surface area (TPSA) is 46.9 Å². The van der Waals surface area contributed by atoms with Crippen LogP contribution in [0.3, 0.4) is 0 Å². The van der Waals surface area contributed by atoms with E-state index in [0.717, 1.165) is 36.2 Å². The van der Waals surface area contributed by atoms with Gasteiger partial charge in [0.25, 0.3) is 0 Å². The number of carbonyl (C=O) groups is 1. The number of amides is 1. The van der Waals surface area contributed by atoms with Crippen molar-refractivity contribution in [2.24, 2.45) is 0 Å². The number of aromatic nitrogens is 2. The van der Waals surface area contributed by atoms with Crippen LogP contribution in [0, 0.1) is 0 Å². The van der Waals surface area contributed by atoms with E-state index in [-0.39, 0.29) is 5.91 Å². The average molecular weight is 333 g/mol. The van der Waals surface area contributed by atoms with E-state index in [1.807, 2.05) is 31.2 Å². The highest BCUT2D eigenvalue weighted by atomic mass is 16.1. The Hall–Kier alpha value is -2.88. The molecular weight excluding hydrogens is 310 g/mol. The summed E-state index contributed by atoms with van der Waals surface area (Å²) in [6, 6.07) is 18.7. The minimum Gasteiger partial charge on any atom is -0.353 e. The molecule has 0 fully saturated rings. The van der Waals surface area contributed by atoms with Gasteiger partial charge in [0.05, 0.1) is 11.0 Å². The number of fused-ring (bicyclic) bond motifs is 1. The molecule has 0 aliphatic heterocycles. The lowest BCUT2D eigenvalue weighted by Crippen LogP contribution is -2.22. The molecule has 4 heteroatoms. The molecule has 3 rings (SSSR count). The molecule has 0 saturated heterocycles. The van der Waals surface area contributed by atoms with Gasteiger partial charge in [-0.2, -0.15) is 0 Å². The number of nitrogens with one attached hydrogen (secondary N) is 1. The van der Waals surface area contributed by atoms with Crippen molar-refractivity contribution in [2.75, 3.05) is 6.54 Å². The van der Waals surface area contributed by atoms with Crippen LogP contribution in [0.5, 0.6) is 0 Å². The smallest absolute Gasteiger partial charge is 0.243 e. The van der Waals surface area contributed by atoms with E-state index in [2.05, 4.69) is 40.2 Å². The molecule has 0 unspecified atom stereocenters. The minimum atomic E-state index is -0.0414. The van der Waals surface area contributed by atoms with Crippen LogP contribution in [0.25, 0.3) is 11.0 Å². The van der Waals surface area contributed by atoms with Crippen molar-refractivity contribution in [1.82, 2.24) is 14.9 Å². The van der Waals surface area contributed by atoms with Crippen molar-refractivity contribution in [3.8, 4) is 0 Å². The van der Waals surface area contributed by atoms with Crippen LogP contribution in [-0.2, 0) is 17.8 Å². The summed E-state index contributed by atoms with van der Waals surface area (Å²) in [5.74, 6) is 1.02. The summed E-state index contributed by atoms with van der Waals surface area (Å²) in [6.45, 7) is 3.30. The standard InChI is InChI=1S/C21H23N3O/c1-2-9-21(25)22-15-8-14-20-23-18-12-6-7-13-19(18)24(20)16-17-10-4-3-5-11-17/h2-7,9-13H,8,14-16H2,1H3,(H,22,25)/b9-2-. The average Bonchev–Trinajstić information content (AvgIpc) is 2.98. The van der Waals surface area contributed by atoms with Gasteiger partial charge in [0.1, 0.15) is 5.82 Å². The van der Waals surface area contributed by atoms with Gasteiger partial charge in [-0.05, 0) is 37.1 Å². The Kier molecular flexibility index (Phi) is 5.62. The highest BCUT2D eigenvalue weighted by Gasteiger charge is 2.10. The lowest BCUT2D eigenvalue weighted by atomic mass is 10.2. The summed E-state index contributed by atoms with van der Waals surface area (Å²) in [4.78, 5) is 16.3. The highest BCUT2D eigenvalue weighted by molar-refractivity contribution is 5.87. The molecule has 1 N–H and O–H groups in total. The Balaban J connectivity index is 1.75. The fourth-order valence-electron chi connectivity index (χ4n) is 2.93. The molecule has 1 heterocycles. The predicted molar refractivity (Wildman–Crippen MR) is 101 cm³/mol. The van der Waals surface area contributed by atoms with Gasteiger partial charge in [0.15, 0.2) is 0 Å². The number of aryl methyl sites for hydroxylation is 1. The third-order valence-electron chi connectivity index (χ3n) is 4.11. The molecule has 0 spiro atoms. The summed E-state index contributed by atoms with van der Waals surface area (Å²) in [5, 5.41) is 2.89. The summed E-state index contributed by atoms with van der Waals surface area (Å²) >= 11 is 0. The van der Waals surface area contributed by atoms with Crippen LogP contribution in [0.1, 0.15) is 24.7 Å². The molecule has 4 nitrogen and oxygen atoms in total. The first-order valence-corrected chi connectivity index (χ1v) is 8.66. The Morgan fingerprint density at radius 3 is 2.68 bits per heavy atom. The Morgan fingerprint density at radius 2 is 1.88 bits per heavy atom. The van der Waals surface area contributed by atoms with E-state index in [9.17, 15) is 4.79 Å². The number of carbonyl (C=O) groups excluding carboxylic acids is 1. The molecule has 0 bridgehead atoms. The molecule has 0 atom stereocenters. The normalized spacial score (nSPS) is 11.2. The second-order valence-electron chi connectivity index (χ2n) is 5.98. The van der Waals surface area contributed by atoms with Gasteiger partial charge in [-0.3, -0.25) is 4.79 Å². The molecule has 25 heavy (non-hydrogen) atoms. The second-order valence-corrected chi connectivity index (χ2v) is 5.98. The Bertz CT molecular complexity index is 865. The largest absolute Gasteiger partial charge is 0.353 e. The number of rotatable bonds is 7. The molecule has 128 valence electrons. The lowest BCUT2D eigenvalue weighted by Gasteiger charge is -2.10. The molecule has 2 aromatic carbocycles. The maximum absolute atomic E-state index is 11.5. The minimum absolute atomic E-state index is 0.0414. The van der Waals surface area contributed by atoms with Crippen molar-refractivity contribution >= 4 is 16.9 Å². The van der Waals surface area contributed by atoms with Crippen LogP contribution in [0.4, 0.5) is 0 Å². The van der Waals surface area contributed by atoms with Gasteiger partial charge < -0.3 is 9.88 Å². The molecule has 1 amide bonds. The second kappa shape index (κ2) is 8.29. The summed E-state index contributed by atoms with van der Waals surface area (Å²) < 4.78 is 2.28. The van der Waals surface area contributed by atoms with Crippen molar-refractivity contribution in [3.05, 3.63) is 78.1 Å². The third-order valence-corrected chi connectivity index (χ3v) is 4.11. The predicted octanol–water partition coefficient (Wildman–Crippen LogP) is 3.71. The maximum Gasteiger partial charge on any atom is 0.243 e. The molecule has 0 saturated carbocycles. The number of hydrogen-bond donors (Lipinski definition) is 1. The van der Waals surface area contributed by atoms with Crippen LogP contribution in [0.15, 0.2) is 66.7 Å². The van der Waals surface area contributed by atoms with Crippen molar-refractivity contribution < 1.29 is 4.79 Å². The van der Waals surface area contributed by atoms with Crippen molar-refractivity contribution in [1.29, 1.82) is 0 Å². The third kappa shape index (κ3) is 4.35. The first kappa shape index (κ1) is 17.0. The number of nitrogens with zero attached hydrogens (tertiary/aromatic N) is 2. The molecular formula is C21H23N3O. The van der Waals surface area contributed by atoms with Gasteiger partial charge in [0, 0.05) is 19.5 Å². The molecule has 3 aromatic rings. The Morgan fingerprint density at radius 1 is 1.12 bits per heavy atom. The van der Waals surface area contributed by atoms with Gasteiger partial charge in [0.2, 0.25) is 5.91 Å². The molecule has 1 aromatic heterocycles. The van der Waals surface area contributed by atoms with Gasteiger partial charge in [-0.25, -0.2) is 4.98 Å². The van der Waals surface area contributed by atoms with Gasteiger partial charge in [-0.15, -0.1) is 0 Å². The van der Waals surface area contributed by atoms with Crippen molar-refractivity contribution in [2.45, 2.75) is 26.3 Å². The van der Waals surface area contributed by atoms with Crippen LogP contribution >= 0.6 is 0 Å². The summed E-state index contributed by atoms with van der Waals surface area (Å²) in [5.41, 5.74) is 3.43. The fourth-order valence-corrected chi connectivity index (χ4v) is 2.93. The number of para-hydroxylation sites is 2. The summed E-state index contributed by atoms with van der Waals surface area (Å²) in [6.07, 6.45) is 4.98. The van der Waals surface area contributed by atoms with Gasteiger partial charge in [-0.1, -0.05) is 48.5 Å². The zero-order chi connectivity index (χ0) is 17.5. The molecule has 0 aliphatic carbocycles. The first-order valence-electron chi connectivity index (χ1n) is 8.66. The van der Waals surface area contributed by atoms with Gasteiger partial charge >= 0.3 is 0 Å². The zero-order valence-electron chi connectivity index (χ0n) is 14.5. The van der Waals surface area contributed by atoms with E-state index in [4.69, 9.17) is 4.98 Å². The maximum atomic E-state index is 11.5. The van der Waals surface area contributed by atoms with E-state index in [1.54, 1.807) is 12.2 Å². The highest BCUT2D eigenvalue weighted by Crippen LogP contribution is 2.19. The van der Waals surface area contributed by atoms with E-state index in [1.165, 1.54) is 5.56 Å². The molecule has 0 aliphatic rings. The Labute approximate surface area is 148 Å². The van der Waals surface area contributed by atoms with Crippen LogP contribution < -0.4 is 5.32 Å². The SMILES string of the molecule is C/C=C\C(=O)NCCCc1nc2ccccc2n1Cc1ccccc1. The molecule has 0 radical (unpaired) electrons. The number of allylic oxidation sites excluding steroid dienone is 1.